The first-order chi connectivity index (χ1) is 14.0. The Balaban J connectivity index is 1.81. The topological polar surface area (TPSA) is 63.8 Å². The first-order valence-corrected chi connectivity index (χ1v) is 9.77. The number of ether oxygens (including phenoxy) is 1. The number of benzene rings is 2. The van der Waals surface area contributed by atoms with Gasteiger partial charge in [-0.3, -0.25) is 9.79 Å². The van der Waals surface area contributed by atoms with E-state index in [0.717, 1.165) is 17.7 Å². The second-order valence-electron chi connectivity index (χ2n) is 7.19. The fourth-order valence-corrected chi connectivity index (χ4v) is 4.03. The summed E-state index contributed by atoms with van der Waals surface area (Å²) in [6, 6.07) is 12.2. The lowest BCUT2D eigenvalue weighted by atomic mass is 9.94. The molecule has 1 N–H and O–H groups in total. The Kier molecular flexibility index (Phi) is 5.20. The van der Waals surface area contributed by atoms with Gasteiger partial charge in [-0.1, -0.05) is 18.2 Å². The Hall–Kier alpha value is -2.99. The highest BCUT2D eigenvalue weighted by Gasteiger charge is 2.27. The molecule has 0 spiro atoms. The summed E-state index contributed by atoms with van der Waals surface area (Å²) >= 11 is 0. The molecule has 1 aliphatic rings. The van der Waals surface area contributed by atoms with Crippen LogP contribution in [-0.2, 0) is 22.5 Å². The molecule has 1 aromatic heterocycles. The lowest BCUT2D eigenvalue weighted by Gasteiger charge is -2.20. The molecule has 0 radical (unpaired) electrons. The minimum absolute atomic E-state index is 0.00380. The predicted octanol–water partition coefficient (Wildman–Crippen LogP) is 4.40. The fraction of sp³-hybridized carbons (Fsp3) is 0.304. The van der Waals surface area contributed by atoms with E-state index < -0.39 is 11.9 Å². The molecule has 4 rings (SSSR count). The number of para-hydroxylation sites is 1. The molecule has 3 aromatic rings. The molecule has 29 heavy (non-hydrogen) atoms. The maximum Gasteiger partial charge on any atom is 0.325 e. The lowest BCUT2D eigenvalue weighted by Crippen LogP contribution is -2.18. The first kappa shape index (κ1) is 19.3. The van der Waals surface area contributed by atoms with Gasteiger partial charge in [-0.05, 0) is 56.5 Å². The minimum atomic E-state index is -0.976. The summed E-state index contributed by atoms with van der Waals surface area (Å²) in [6.45, 7) is 3.87. The van der Waals surface area contributed by atoms with Crippen molar-refractivity contribution in [2.45, 2.75) is 39.3 Å². The Morgan fingerprint density at radius 2 is 2.07 bits per heavy atom. The van der Waals surface area contributed by atoms with Gasteiger partial charge in [-0.15, -0.1) is 0 Å². The van der Waals surface area contributed by atoms with Gasteiger partial charge in [0.2, 0.25) is 0 Å². The maximum atomic E-state index is 14.0. The van der Waals surface area contributed by atoms with Crippen LogP contribution in [0, 0.1) is 12.7 Å². The van der Waals surface area contributed by atoms with Crippen molar-refractivity contribution < 1.29 is 19.0 Å². The van der Waals surface area contributed by atoms with E-state index >= 15 is 0 Å². The summed E-state index contributed by atoms with van der Waals surface area (Å²) < 4.78 is 20.9. The summed E-state index contributed by atoms with van der Waals surface area (Å²) in [6.07, 6.45) is 0.439. The molecule has 0 saturated carbocycles. The summed E-state index contributed by atoms with van der Waals surface area (Å²) in [5.74, 6) is -0.767. The molecular formula is C23H23FN2O3. The average Bonchev–Trinajstić information content (AvgIpc) is 2.98. The molecule has 1 aliphatic heterocycles. The molecule has 0 amide bonds. The number of aryl methyl sites for hydroxylation is 1. The van der Waals surface area contributed by atoms with Gasteiger partial charge in [-0.25, -0.2) is 4.39 Å². The zero-order valence-electron chi connectivity index (χ0n) is 16.5. The number of esters is 1. The van der Waals surface area contributed by atoms with Crippen LogP contribution in [0.3, 0.4) is 0 Å². The van der Waals surface area contributed by atoms with Gasteiger partial charge in [-0.2, -0.15) is 0 Å². The van der Waals surface area contributed by atoms with Crippen molar-refractivity contribution in [2.75, 3.05) is 6.61 Å². The minimum Gasteiger partial charge on any atom is -0.465 e. The summed E-state index contributed by atoms with van der Waals surface area (Å²) in [4.78, 5) is 16.8. The standard InChI is InChI=1S/C23H23FN2O3/c1-3-29-21(27)13-26-14(2)22(17-12-16(24)9-11-20(17)26)23(28)19-10-8-15-6-4-5-7-18(15)25-19/h4-7,9,11-12,23,28H,3,8,10,13H2,1-2H3. The van der Waals surface area contributed by atoms with E-state index in [1.165, 1.54) is 12.1 Å². The molecule has 6 heteroatoms. The van der Waals surface area contributed by atoms with E-state index in [1.54, 1.807) is 17.6 Å². The Bertz CT molecular complexity index is 1120. The van der Waals surface area contributed by atoms with Crippen molar-refractivity contribution in [1.29, 1.82) is 0 Å². The van der Waals surface area contributed by atoms with Crippen LogP contribution in [0.1, 0.15) is 36.3 Å². The molecule has 2 heterocycles. The molecule has 0 bridgehead atoms. The van der Waals surface area contributed by atoms with E-state index in [2.05, 4.69) is 4.99 Å². The van der Waals surface area contributed by atoms with Crippen LogP contribution >= 0.6 is 0 Å². The molecule has 0 fully saturated rings. The van der Waals surface area contributed by atoms with Crippen molar-refractivity contribution in [3.05, 3.63) is 65.1 Å². The molecular weight excluding hydrogens is 371 g/mol. The number of hydrogen-bond acceptors (Lipinski definition) is 4. The number of aliphatic hydroxyl groups excluding tert-OH is 1. The number of rotatable bonds is 5. The van der Waals surface area contributed by atoms with E-state index in [9.17, 15) is 14.3 Å². The Morgan fingerprint density at radius 1 is 1.28 bits per heavy atom. The summed E-state index contributed by atoms with van der Waals surface area (Å²) in [5.41, 5.74) is 4.62. The van der Waals surface area contributed by atoms with Gasteiger partial charge in [0.25, 0.3) is 0 Å². The van der Waals surface area contributed by atoms with Crippen LogP contribution in [0.4, 0.5) is 10.1 Å². The van der Waals surface area contributed by atoms with E-state index in [-0.39, 0.29) is 19.1 Å². The second-order valence-corrected chi connectivity index (χ2v) is 7.19. The van der Waals surface area contributed by atoms with E-state index in [0.29, 0.717) is 34.3 Å². The maximum absolute atomic E-state index is 14.0. The number of hydrogen-bond donors (Lipinski definition) is 1. The quantitative estimate of drug-likeness (QED) is 0.652. The number of aromatic nitrogens is 1. The monoisotopic (exact) mass is 394 g/mol. The van der Waals surface area contributed by atoms with Crippen LogP contribution in [0.5, 0.6) is 0 Å². The summed E-state index contributed by atoms with van der Waals surface area (Å²) in [7, 11) is 0. The Labute approximate surface area is 168 Å². The molecule has 150 valence electrons. The SMILES string of the molecule is CCOC(=O)Cn1c(C)c(C(O)C2=Nc3ccccc3CC2)c2cc(F)ccc21. The van der Waals surface area contributed by atoms with Crippen LogP contribution in [-0.4, -0.2) is 28.0 Å². The average molecular weight is 394 g/mol. The molecule has 5 nitrogen and oxygen atoms in total. The van der Waals surface area contributed by atoms with Gasteiger partial charge >= 0.3 is 5.97 Å². The molecule has 0 saturated heterocycles. The third-order valence-corrected chi connectivity index (χ3v) is 5.42. The normalized spacial score (nSPS) is 14.4. The van der Waals surface area contributed by atoms with Crippen molar-refractivity contribution in [1.82, 2.24) is 4.57 Å². The van der Waals surface area contributed by atoms with Crippen molar-refractivity contribution in [3.8, 4) is 0 Å². The Morgan fingerprint density at radius 3 is 2.86 bits per heavy atom. The third-order valence-electron chi connectivity index (χ3n) is 5.42. The first-order valence-electron chi connectivity index (χ1n) is 9.77. The number of aliphatic imine (C=N–C) groups is 1. The number of carbonyl (C=O) groups is 1. The lowest BCUT2D eigenvalue weighted by molar-refractivity contribution is -0.143. The van der Waals surface area contributed by atoms with Gasteiger partial charge in [0.05, 0.1) is 18.0 Å². The fourth-order valence-electron chi connectivity index (χ4n) is 4.03. The molecule has 0 aliphatic carbocycles. The zero-order chi connectivity index (χ0) is 20.5. The van der Waals surface area contributed by atoms with Gasteiger partial charge in [0.15, 0.2) is 0 Å². The van der Waals surface area contributed by atoms with Crippen LogP contribution in [0.2, 0.25) is 0 Å². The van der Waals surface area contributed by atoms with Crippen molar-refractivity contribution in [3.63, 3.8) is 0 Å². The smallest absolute Gasteiger partial charge is 0.325 e. The van der Waals surface area contributed by atoms with Gasteiger partial charge in [0.1, 0.15) is 18.5 Å². The highest BCUT2D eigenvalue weighted by molar-refractivity contribution is 5.98. The van der Waals surface area contributed by atoms with Gasteiger partial charge in [0, 0.05) is 22.2 Å². The number of halogens is 1. The largest absolute Gasteiger partial charge is 0.465 e. The molecule has 1 unspecified atom stereocenters. The van der Waals surface area contributed by atoms with Crippen molar-refractivity contribution in [2.24, 2.45) is 4.99 Å². The van der Waals surface area contributed by atoms with E-state index in [4.69, 9.17) is 4.74 Å². The van der Waals surface area contributed by atoms with Gasteiger partial charge < -0.3 is 14.4 Å². The van der Waals surface area contributed by atoms with Crippen molar-refractivity contribution >= 4 is 28.3 Å². The summed E-state index contributed by atoms with van der Waals surface area (Å²) in [5, 5.41) is 11.8. The van der Waals surface area contributed by atoms with Crippen LogP contribution < -0.4 is 0 Å². The van der Waals surface area contributed by atoms with Crippen LogP contribution in [0.15, 0.2) is 47.5 Å². The number of carbonyl (C=O) groups excluding carboxylic acids is 1. The predicted molar refractivity (Wildman–Crippen MR) is 110 cm³/mol. The highest BCUT2D eigenvalue weighted by atomic mass is 19.1. The van der Waals surface area contributed by atoms with Crippen LogP contribution in [0.25, 0.3) is 10.9 Å². The highest BCUT2D eigenvalue weighted by Crippen LogP contribution is 2.36. The zero-order valence-corrected chi connectivity index (χ0v) is 16.5. The number of aliphatic hydroxyl groups is 1. The third kappa shape index (κ3) is 3.56. The molecule has 1 atom stereocenters. The van der Waals surface area contributed by atoms with E-state index in [1.807, 2.05) is 31.2 Å². The molecule has 2 aromatic carbocycles. The second kappa shape index (κ2) is 7.79. The number of fused-ring (bicyclic) bond motifs is 2. The number of nitrogens with zero attached hydrogens (tertiary/aromatic N) is 2.